The highest BCUT2D eigenvalue weighted by atomic mass is 16.4. The highest BCUT2D eigenvalue weighted by molar-refractivity contribution is 6.50. The number of anilines is 2. The normalized spacial score (nSPS) is 17.3. The number of hydrogen-bond acceptors (Lipinski definition) is 3. The van der Waals surface area contributed by atoms with Gasteiger partial charge in [0.15, 0.2) is 0 Å². The number of hydrogen-bond donors (Lipinski definition) is 3. The van der Waals surface area contributed by atoms with Crippen LogP contribution in [0.15, 0.2) is 72.2 Å². The molecule has 0 fully saturated rings. The molecule has 0 heterocycles. The maximum Gasteiger partial charge on any atom is 0.484 e. The minimum Gasteiger partial charge on any atom is -0.423 e. The van der Waals surface area contributed by atoms with Gasteiger partial charge in [0.2, 0.25) is 0 Å². The Morgan fingerprint density at radius 1 is 0.957 bits per heavy atom. The lowest BCUT2D eigenvalue weighted by molar-refractivity contribution is 0.414. The summed E-state index contributed by atoms with van der Waals surface area (Å²) >= 11 is 0. The van der Waals surface area contributed by atoms with E-state index in [0.717, 1.165) is 16.9 Å². The van der Waals surface area contributed by atoms with Gasteiger partial charge in [-0.25, -0.2) is 0 Å². The molecule has 0 bridgehead atoms. The second kappa shape index (κ2) is 6.86. The molecule has 0 aliphatic heterocycles. The van der Waals surface area contributed by atoms with Crippen LogP contribution in [0.3, 0.4) is 0 Å². The van der Waals surface area contributed by atoms with E-state index in [-0.39, 0.29) is 5.92 Å². The van der Waals surface area contributed by atoms with Gasteiger partial charge in [-0.05, 0) is 41.6 Å². The predicted octanol–water partition coefficient (Wildman–Crippen LogP) is 3.79. The van der Waals surface area contributed by atoms with E-state index in [2.05, 4.69) is 24.4 Å². The first-order chi connectivity index (χ1) is 11.1. The van der Waals surface area contributed by atoms with E-state index in [0.29, 0.717) is 11.9 Å². The molecule has 0 saturated heterocycles. The maximum atomic E-state index is 9.35. The monoisotopic (exact) mass is 305 g/mol. The third kappa shape index (κ3) is 3.55. The second-order valence-corrected chi connectivity index (χ2v) is 5.88. The Morgan fingerprint density at radius 3 is 2.35 bits per heavy atom. The lowest BCUT2D eigenvalue weighted by atomic mass is 9.70. The molecule has 3 nitrogen and oxygen atoms in total. The van der Waals surface area contributed by atoms with Crippen LogP contribution in [0, 0.1) is 5.92 Å². The Labute approximate surface area is 137 Å². The molecule has 2 aromatic carbocycles. The zero-order valence-corrected chi connectivity index (χ0v) is 13.1. The standard InChI is InChI=1S/C19H20BNO2/c1-14-13-15(20(22)23)11-12-17(14)18-9-5-6-10-19(18)21-16-7-3-2-4-8-16/h2-12,14,21-23H,13H2,1H3. The first kappa shape index (κ1) is 15.6. The molecule has 1 aliphatic carbocycles. The summed E-state index contributed by atoms with van der Waals surface area (Å²) in [6.45, 7) is 2.11. The Balaban J connectivity index is 1.94. The number of rotatable bonds is 4. The molecule has 23 heavy (non-hydrogen) atoms. The average Bonchev–Trinajstić information content (AvgIpc) is 2.56. The van der Waals surface area contributed by atoms with Crippen molar-refractivity contribution < 1.29 is 10.0 Å². The fraction of sp³-hybridized carbons (Fsp3) is 0.158. The molecule has 0 radical (unpaired) electrons. The van der Waals surface area contributed by atoms with Gasteiger partial charge in [0.25, 0.3) is 0 Å². The van der Waals surface area contributed by atoms with E-state index < -0.39 is 7.12 Å². The van der Waals surface area contributed by atoms with E-state index in [1.54, 1.807) is 0 Å². The summed E-state index contributed by atoms with van der Waals surface area (Å²) in [7, 11) is -1.37. The molecule has 2 aromatic rings. The zero-order chi connectivity index (χ0) is 16.2. The largest absolute Gasteiger partial charge is 0.484 e. The first-order valence-electron chi connectivity index (χ1n) is 7.83. The molecule has 0 saturated carbocycles. The van der Waals surface area contributed by atoms with Gasteiger partial charge < -0.3 is 15.4 Å². The van der Waals surface area contributed by atoms with Gasteiger partial charge in [0.05, 0.1) is 0 Å². The predicted molar refractivity (Wildman–Crippen MR) is 96.2 cm³/mol. The van der Waals surface area contributed by atoms with E-state index in [1.807, 2.05) is 54.6 Å². The van der Waals surface area contributed by atoms with Crippen molar-refractivity contribution in [3.8, 4) is 0 Å². The van der Waals surface area contributed by atoms with Crippen molar-refractivity contribution in [3.05, 3.63) is 77.8 Å². The number of nitrogens with one attached hydrogen (secondary N) is 1. The van der Waals surface area contributed by atoms with Crippen molar-refractivity contribution in [1.82, 2.24) is 0 Å². The molecule has 1 unspecified atom stereocenters. The van der Waals surface area contributed by atoms with Crippen molar-refractivity contribution in [1.29, 1.82) is 0 Å². The SMILES string of the molecule is CC1CC(B(O)O)=CC=C1c1ccccc1Nc1ccccc1. The van der Waals surface area contributed by atoms with Gasteiger partial charge in [0, 0.05) is 16.9 Å². The maximum absolute atomic E-state index is 9.35. The molecular weight excluding hydrogens is 285 g/mol. The van der Waals surface area contributed by atoms with Gasteiger partial charge in [-0.15, -0.1) is 0 Å². The summed E-state index contributed by atoms with van der Waals surface area (Å²) < 4.78 is 0. The molecule has 0 aromatic heterocycles. The summed E-state index contributed by atoms with van der Waals surface area (Å²) in [5.74, 6) is 0.232. The summed E-state index contributed by atoms with van der Waals surface area (Å²) in [4.78, 5) is 0. The molecule has 3 rings (SSSR count). The summed E-state index contributed by atoms with van der Waals surface area (Å²) in [6, 6.07) is 18.3. The molecular formula is C19H20BNO2. The van der Waals surface area contributed by atoms with E-state index in [1.165, 1.54) is 5.57 Å². The highest BCUT2D eigenvalue weighted by Crippen LogP contribution is 2.36. The molecule has 3 N–H and O–H groups in total. The quantitative estimate of drug-likeness (QED) is 0.753. The molecule has 1 aliphatic rings. The molecule has 116 valence electrons. The van der Waals surface area contributed by atoms with Crippen LogP contribution in [0.5, 0.6) is 0 Å². The van der Waals surface area contributed by atoms with Crippen LogP contribution in [-0.4, -0.2) is 17.2 Å². The Kier molecular flexibility index (Phi) is 4.65. The highest BCUT2D eigenvalue weighted by Gasteiger charge is 2.24. The van der Waals surface area contributed by atoms with E-state index in [9.17, 15) is 10.0 Å². The van der Waals surface area contributed by atoms with E-state index in [4.69, 9.17) is 0 Å². The van der Waals surface area contributed by atoms with Crippen molar-refractivity contribution >= 4 is 24.1 Å². The van der Waals surface area contributed by atoms with Crippen molar-refractivity contribution in [2.45, 2.75) is 13.3 Å². The lowest BCUT2D eigenvalue weighted by Gasteiger charge is -2.24. The third-order valence-electron chi connectivity index (χ3n) is 4.17. The first-order valence-corrected chi connectivity index (χ1v) is 7.83. The summed E-state index contributed by atoms with van der Waals surface area (Å²) in [5.41, 5.74) is 5.11. The molecule has 4 heteroatoms. The van der Waals surface area contributed by atoms with Crippen LogP contribution in [0.1, 0.15) is 18.9 Å². The second-order valence-electron chi connectivity index (χ2n) is 5.88. The number of para-hydroxylation sites is 2. The molecule has 0 spiro atoms. The Hall–Kier alpha value is -2.30. The average molecular weight is 305 g/mol. The third-order valence-corrected chi connectivity index (χ3v) is 4.17. The van der Waals surface area contributed by atoms with E-state index >= 15 is 0 Å². The van der Waals surface area contributed by atoms with Crippen molar-refractivity contribution in [3.63, 3.8) is 0 Å². The Morgan fingerprint density at radius 2 is 1.65 bits per heavy atom. The van der Waals surface area contributed by atoms with Gasteiger partial charge >= 0.3 is 7.12 Å². The number of benzene rings is 2. The zero-order valence-electron chi connectivity index (χ0n) is 13.1. The topological polar surface area (TPSA) is 52.5 Å². The van der Waals surface area contributed by atoms with Crippen LogP contribution in [0.25, 0.3) is 5.57 Å². The van der Waals surface area contributed by atoms with Gasteiger partial charge in [-0.1, -0.05) is 55.5 Å². The summed E-state index contributed by atoms with van der Waals surface area (Å²) in [5, 5.41) is 22.2. The summed E-state index contributed by atoms with van der Waals surface area (Å²) in [6.07, 6.45) is 4.47. The lowest BCUT2D eigenvalue weighted by Crippen LogP contribution is -2.20. The fourth-order valence-corrected chi connectivity index (χ4v) is 2.96. The van der Waals surface area contributed by atoms with Gasteiger partial charge in [0.1, 0.15) is 0 Å². The Bertz CT molecular complexity index is 738. The molecule has 0 amide bonds. The van der Waals surface area contributed by atoms with Crippen molar-refractivity contribution in [2.24, 2.45) is 5.92 Å². The van der Waals surface area contributed by atoms with Gasteiger partial charge in [-0.2, -0.15) is 0 Å². The fourth-order valence-electron chi connectivity index (χ4n) is 2.96. The minimum atomic E-state index is -1.37. The van der Waals surface area contributed by atoms with Crippen molar-refractivity contribution in [2.75, 3.05) is 5.32 Å². The molecule has 1 atom stereocenters. The van der Waals surface area contributed by atoms with Crippen LogP contribution in [0.2, 0.25) is 0 Å². The van der Waals surface area contributed by atoms with Crippen LogP contribution >= 0.6 is 0 Å². The number of allylic oxidation sites excluding steroid dienone is 4. The minimum absolute atomic E-state index is 0.232. The smallest absolute Gasteiger partial charge is 0.423 e. The van der Waals surface area contributed by atoms with Crippen LogP contribution in [-0.2, 0) is 0 Å². The van der Waals surface area contributed by atoms with Crippen LogP contribution < -0.4 is 5.32 Å². The van der Waals surface area contributed by atoms with Gasteiger partial charge in [-0.3, -0.25) is 0 Å². The van der Waals surface area contributed by atoms with Crippen LogP contribution in [0.4, 0.5) is 11.4 Å².